The lowest BCUT2D eigenvalue weighted by Gasteiger charge is -2.16. The summed E-state index contributed by atoms with van der Waals surface area (Å²) < 4.78 is 0. The zero-order chi connectivity index (χ0) is 15.5. The number of fused-ring (bicyclic) bond motifs is 1. The Balaban J connectivity index is 1.96. The van der Waals surface area contributed by atoms with Crippen molar-refractivity contribution in [3.05, 3.63) is 102 Å². The molecule has 0 unspecified atom stereocenters. The molecular formula is C23H18. The Morgan fingerprint density at radius 1 is 0.565 bits per heavy atom. The van der Waals surface area contributed by atoms with Gasteiger partial charge in [-0.1, -0.05) is 97.1 Å². The Morgan fingerprint density at radius 3 is 1.87 bits per heavy atom. The molecule has 0 radical (unpaired) electrons. The monoisotopic (exact) mass is 294 g/mol. The van der Waals surface area contributed by atoms with E-state index < -0.39 is 0 Å². The van der Waals surface area contributed by atoms with Crippen molar-refractivity contribution in [3.8, 4) is 22.3 Å². The van der Waals surface area contributed by atoms with Crippen molar-refractivity contribution in [3.63, 3.8) is 0 Å². The maximum absolute atomic E-state index is 2.27. The molecule has 0 aliphatic heterocycles. The molecule has 0 saturated heterocycles. The van der Waals surface area contributed by atoms with Gasteiger partial charge < -0.3 is 0 Å². The number of rotatable bonds is 2. The van der Waals surface area contributed by atoms with Crippen LogP contribution in [-0.4, -0.2) is 0 Å². The minimum Gasteiger partial charge on any atom is -0.0801 e. The minimum absolute atomic E-state index is 0.966. The van der Waals surface area contributed by atoms with Crippen LogP contribution in [0.5, 0.6) is 0 Å². The van der Waals surface area contributed by atoms with Crippen molar-refractivity contribution in [1.29, 1.82) is 0 Å². The van der Waals surface area contributed by atoms with Crippen molar-refractivity contribution in [2.24, 2.45) is 0 Å². The Kier molecular flexibility index (Phi) is 3.65. The summed E-state index contributed by atoms with van der Waals surface area (Å²) >= 11 is 0. The van der Waals surface area contributed by atoms with Crippen LogP contribution in [0.3, 0.4) is 0 Å². The topological polar surface area (TPSA) is 0 Å². The second-order valence-electron chi connectivity index (χ2n) is 5.78. The molecule has 1 aliphatic rings. The maximum atomic E-state index is 2.27. The van der Waals surface area contributed by atoms with Crippen LogP contribution in [0.15, 0.2) is 91.0 Å². The summed E-state index contributed by atoms with van der Waals surface area (Å²) in [6.45, 7) is 0. The van der Waals surface area contributed by atoms with Gasteiger partial charge in [-0.2, -0.15) is 0 Å². The molecular weight excluding hydrogens is 276 g/mol. The van der Waals surface area contributed by atoms with Crippen LogP contribution in [0.1, 0.15) is 11.1 Å². The van der Waals surface area contributed by atoms with E-state index in [1.165, 1.54) is 33.4 Å². The molecule has 3 aromatic carbocycles. The average Bonchev–Trinajstić information content (AvgIpc) is 2.88. The van der Waals surface area contributed by atoms with Crippen LogP contribution in [0.2, 0.25) is 0 Å². The first-order chi connectivity index (χ1) is 11.4. The maximum Gasteiger partial charge on any atom is -0.00820 e. The molecule has 0 bridgehead atoms. The summed E-state index contributed by atoms with van der Waals surface area (Å²) in [5.41, 5.74) is 7.93. The van der Waals surface area contributed by atoms with E-state index in [0.29, 0.717) is 0 Å². The normalized spacial score (nSPS) is 12.7. The third-order valence-corrected chi connectivity index (χ3v) is 4.36. The Hall–Kier alpha value is -2.86. The van der Waals surface area contributed by atoms with Crippen LogP contribution in [0.4, 0.5) is 0 Å². The summed E-state index contributed by atoms with van der Waals surface area (Å²) in [7, 11) is 0. The Labute approximate surface area is 137 Å². The lowest BCUT2D eigenvalue weighted by molar-refractivity contribution is 1.27. The molecule has 0 aromatic heterocycles. The van der Waals surface area contributed by atoms with Gasteiger partial charge in [-0.15, -0.1) is 0 Å². The second kappa shape index (κ2) is 6.10. The predicted molar refractivity (Wildman–Crippen MR) is 99.2 cm³/mol. The average molecular weight is 294 g/mol. The van der Waals surface area contributed by atoms with Gasteiger partial charge >= 0.3 is 0 Å². The highest BCUT2D eigenvalue weighted by atomic mass is 14.2. The molecule has 0 nitrogen and oxygen atoms in total. The molecule has 0 amide bonds. The first kappa shape index (κ1) is 13.8. The largest absolute Gasteiger partial charge is 0.0801 e. The third-order valence-electron chi connectivity index (χ3n) is 4.36. The van der Waals surface area contributed by atoms with E-state index in [1.807, 2.05) is 0 Å². The van der Waals surface area contributed by atoms with Gasteiger partial charge in [0.15, 0.2) is 0 Å². The molecule has 4 rings (SSSR count). The summed E-state index contributed by atoms with van der Waals surface area (Å²) in [5.74, 6) is 0. The smallest absolute Gasteiger partial charge is 0.00820 e. The van der Waals surface area contributed by atoms with Gasteiger partial charge in [0, 0.05) is 0 Å². The van der Waals surface area contributed by atoms with E-state index in [1.54, 1.807) is 0 Å². The molecule has 0 N–H and O–H groups in total. The van der Waals surface area contributed by atoms with E-state index in [0.717, 1.165) is 6.42 Å². The van der Waals surface area contributed by atoms with Crippen molar-refractivity contribution in [2.45, 2.75) is 6.42 Å². The molecule has 0 spiro atoms. The van der Waals surface area contributed by atoms with Gasteiger partial charge in [-0.3, -0.25) is 0 Å². The minimum atomic E-state index is 0.966. The lowest BCUT2D eigenvalue weighted by atomic mass is 9.88. The summed E-state index contributed by atoms with van der Waals surface area (Å²) in [6.07, 6.45) is 9.74. The molecule has 1 aliphatic carbocycles. The molecule has 23 heavy (non-hydrogen) atoms. The quantitative estimate of drug-likeness (QED) is 0.532. The van der Waals surface area contributed by atoms with Crippen LogP contribution in [-0.2, 0) is 6.42 Å². The first-order valence-electron chi connectivity index (χ1n) is 8.03. The van der Waals surface area contributed by atoms with Gasteiger partial charge in [0.05, 0.1) is 0 Å². The van der Waals surface area contributed by atoms with Crippen LogP contribution in [0.25, 0.3) is 28.3 Å². The Morgan fingerprint density at radius 2 is 1.17 bits per heavy atom. The fourth-order valence-electron chi connectivity index (χ4n) is 3.25. The second-order valence-corrected chi connectivity index (χ2v) is 5.78. The van der Waals surface area contributed by atoms with E-state index in [-0.39, 0.29) is 0 Å². The van der Waals surface area contributed by atoms with Crippen molar-refractivity contribution in [1.82, 2.24) is 0 Å². The summed E-state index contributed by atoms with van der Waals surface area (Å²) in [6, 6.07) is 25.8. The summed E-state index contributed by atoms with van der Waals surface area (Å²) in [4.78, 5) is 0. The van der Waals surface area contributed by atoms with Crippen molar-refractivity contribution < 1.29 is 0 Å². The lowest BCUT2D eigenvalue weighted by Crippen LogP contribution is -1.95. The van der Waals surface area contributed by atoms with E-state index in [4.69, 9.17) is 0 Å². The predicted octanol–water partition coefficient (Wildman–Crippen LogP) is 6.15. The third kappa shape index (κ3) is 2.64. The molecule has 110 valence electrons. The zero-order valence-corrected chi connectivity index (χ0v) is 12.9. The summed E-state index contributed by atoms with van der Waals surface area (Å²) in [5, 5.41) is 0. The fraction of sp³-hybridized carbons (Fsp3) is 0.0435. The van der Waals surface area contributed by atoms with Gasteiger partial charge in [-0.05, 0) is 39.8 Å². The highest BCUT2D eigenvalue weighted by Crippen LogP contribution is 2.35. The number of hydrogen-bond acceptors (Lipinski definition) is 0. The zero-order valence-electron chi connectivity index (χ0n) is 12.9. The van der Waals surface area contributed by atoms with Crippen LogP contribution in [0, 0.1) is 0 Å². The van der Waals surface area contributed by atoms with Gasteiger partial charge in [-0.25, -0.2) is 0 Å². The highest BCUT2D eigenvalue weighted by Gasteiger charge is 2.14. The molecule has 0 atom stereocenters. The SMILES string of the molecule is C1=CCc2c(-c3ccccc3)ccc(-c3ccccc3)c2C=C1. The molecule has 0 saturated carbocycles. The standard InChI is InChI=1S/C23H18/c1-4-10-18(11-5-1)20-16-17-21(19-12-6-2-7-13-19)23-15-9-3-8-14-22(20)23/h1-14,16-17H,15H2. The molecule has 3 aromatic rings. The van der Waals surface area contributed by atoms with Gasteiger partial charge in [0.1, 0.15) is 0 Å². The molecule has 0 heterocycles. The van der Waals surface area contributed by atoms with Gasteiger partial charge in [0.25, 0.3) is 0 Å². The Bertz CT molecular complexity index is 869. The van der Waals surface area contributed by atoms with Crippen molar-refractivity contribution in [2.75, 3.05) is 0 Å². The van der Waals surface area contributed by atoms with E-state index >= 15 is 0 Å². The molecule has 0 fully saturated rings. The number of allylic oxidation sites excluding steroid dienone is 3. The first-order valence-corrected chi connectivity index (χ1v) is 8.03. The van der Waals surface area contributed by atoms with E-state index in [9.17, 15) is 0 Å². The number of benzene rings is 3. The van der Waals surface area contributed by atoms with Crippen molar-refractivity contribution >= 4 is 6.08 Å². The number of hydrogen-bond donors (Lipinski definition) is 0. The van der Waals surface area contributed by atoms with Crippen LogP contribution < -0.4 is 0 Å². The fourth-order valence-corrected chi connectivity index (χ4v) is 3.25. The molecule has 0 heteroatoms. The van der Waals surface area contributed by atoms with E-state index in [2.05, 4.69) is 97.1 Å². The van der Waals surface area contributed by atoms with Crippen LogP contribution >= 0.6 is 0 Å². The van der Waals surface area contributed by atoms with Gasteiger partial charge in [0.2, 0.25) is 0 Å². The highest BCUT2D eigenvalue weighted by molar-refractivity contribution is 5.84.